The number of aliphatic hydroxyl groups is 1. The van der Waals surface area contributed by atoms with Crippen LogP contribution in [0.25, 0.3) is 5.69 Å². The summed E-state index contributed by atoms with van der Waals surface area (Å²) in [4.78, 5) is 11.7. The molecule has 1 aromatic carbocycles. The van der Waals surface area contributed by atoms with Crippen LogP contribution in [-0.4, -0.2) is 33.4 Å². The molecular formula is C13H15N3O2. The maximum atomic E-state index is 11.7. The third-order valence-corrected chi connectivity index (χ3v) is 2.40. The fraction of sp³-hybridized carbons (Fsp3) is 0.231. The van der Waals surface area contributed by atoms with Gasteiger partial charge in [-0.25, -0.2) is 4.68 Å². The Kier molecular flexibility index (Phi) is 3.74. The van der Waals surface area contributed by atoms with E-state index < -0.39 is 6.10 Å². The van der Waals surface area contributed by atoms with E-state index >= 15 is 0 Å². The molecule has 5 heteroatoms. The predicted octanol–water partition coefficient (Wildman–Crippen LogP) is 0.983. The number of amides is 1. The molecule has 0 aliphatic heterocycles. The lowest BCUT2D eigenvalue weighted by Crippen LogP contribution is -2.30. The van der Waals surface area contributed by atoms with Gasteiger partial charge in [-0.15, -0.1) is 0 Å². The van der Waals surface area contributed by atoms with Crippen LogP contribution >= 0.6 is 0 Å². The smallest absolute Gasteiger partial charge is 0.271 e. The molecule has 1 aromatic heterocycles. The van der Waals surface area contributed by atoms with Crippen molar-refractivity contribution in [3.05, 3.63) is 48.3 Å². The van der Waals surface area contributed by atoms with Crippen molar-refractivity contribution in [1.29, 1.82) is 0 Å². The van der Waals surface area contributed by atoms with Crippen LogP contribution in [0.5, 0.6) is 0 Å². The van der Waals surface area contributed by atoms with E-state index in [0.717, 1.165) is 5.69 Å². The van der Waals surface area contributed by atoms with Crippen molar-refractivity contribution in [2.45, 2.75) is 13.0 Å². The second-order valence-electron chi connectivity index (χ2n) is 4.04. The summed E-state index contributed by atoms with van der Waals surface area (Å²) in [6.45, 7) is 1.83. The molecular weight excluding hydrogens is 230 g/mol. The minimum Gasteiger partial charge on any atom is -0.392 e. The van der Waals surface area contributed by atoms with Gasteiger partial charge in [0.25, 0.3) is 5.91 Å². The number of aliphatic hydroxyl groups excluding tert-OH is 1. The van der Waals surface area contributed by atoms with Gasteiger partial charge in [0, 0.05) is 12.7 Å². The Bertz CT molecular complexity index is 520. The molecule has 18 heavy (non-hydrogen) atoms. The Morgan fingerprint density at radius 1 is 1.39 bits per heavy atom. The van der Waals surface area contributed by atoms with Crippen LogP contribution in [0.15, 0.2) is 42.6 Å². The highest BCUT2D eigenvalue weighted by molar-refractivity contribution is 5.92. The van der Waals surface area contributed by atoms with Crippen LogP contribution in [0, 0.1) is 0 Å². The van der Waals surface area contributed by atoms with Crippen LogP contribution in [0.4, 0.5) is 0 Å². The summed E-state index contributed by atoms with van der Waals surface area (Å²) in [5.41, 5.74) is 1.23. The van der Waals surface area contributed by atoms with Crippen molar-refractivity contribution in [2.75, 3.05) is 6.54 Å². The molecule has 2 aromatic rings. The lowest BCUT2D eigenvalue weighted by atomic mass is 10.3. The first-order chi connectivity index (χ1) is 8.66. The molecule has 1 amide bonds. The molecule has 0 fully saturated rings. The van der Waals surface area contributed by atoms with Crippen LogP contribution in [-0.2, 0) is 0 Å². The molecule has 1 atom stereocenters. The number of carbonyl (C=O) groups is 1. The number of carbonyl (C=O) groups excluding carboxylic acids is 1. The zero-order chi connectivity index (χ0) is 13.0. The first-order valence-electron chi connectivity index (χ1n) is 5.74. The Morgan fingerprint density at radius 3 is 2.78 bits per heavy atom. The van der Waals surface area contributed by atoms with Gasteiger partial charge in [-0.1, -0.05) is 18.2 Å². The molecule has 0 aliphatic carbocycles. The number of nitrogens with one attached hydrogen (secondary N) is 1. The predicted molar refractivity (Wildman–Crippen MR) is 67.6 cm³/mol. The Morgan fingerprint density at radius 2 is 2.11 bits per heavy atom. The topological polar surface area (TPSA) is 67.2 Å². The minimum absolute atomic E-state index is 0.219. The fourth-order valence-electron chi connectivity index (χ4n) is 1.50. The van der Waals surface area contributed by atoms with Gasteiger partial charge in [0.1, 0.15) is 0 Å². The maximum Gasteiger partial charge on any atom is 0.271 e. The van der Waals surface area contributed by atoms with Crippen molar-refractivity contribution >= 4 is 5.91 Å². The number of hydrogen-bond donors (Lipinski definition) is 2. The lowest BCUT2D eigenvalue weighted by molar-refractivity contribution is 0.0918. The molecule has 0 saturated carbocycles. The Labute approximate surface area is 105 Å². The van der Waals surface area contributed by atoms with E-state index in [4.69, 9.17) is 5.11 Å². The van der Waals surface area contributed by atoms with E-state index in [0.29, 0.717) is 5.69 Å². The van der Waals surface area contributed by atoms with Crippen molar-refractivity contribution in [1.82, 2.24) is 15.1 Å². The van der Waals surface area contributed by atoms with Gasteiger partial charge < -0.3 is 10.4 Å². The van der Waals surface area contributed by atoms with E-state index in [9.17, 15) is 4.79 Å². The number of para-hydroxylation sites is 1. The van der Waals surface area contributed by atoms with Crippen LogP contribution in [0.1, 0.15) is 17.4 Å². The van der Waals surface area contributed by atoms with Crippen molar-refractivity contribution in [3.63, 3.8) is 0 Å². The number of nitrogens with zero attached hydrogens (tertiary/aromatic N) is 2. The van der Waals surface area contributed by atoms with Crippen LogP contribution < -0.4 is 5.32 Å². The van der Waals surface area contributed by atoms with Crippen LogP contribution in [0.2, 0.25) is 0 Å². The summed E-state index contributed by atoms with van der Waals surface area (Å²) >= 11 is 0. The minimum atomic E-state index is -0.565. The number of hydrogen-bond acceptors (Lipinski definition) is 3. The number of benzene rings is 1. The van der Waals surface area contributed by atoms with Crippen LogP contribution in [0.3, 0.4) is 0 Å². The standard InChI is InChI=1S/C13H15N3O2/c1-10(17)9-14-13(18)12-7-8-16(15-12)11-5-3-2-4-6-11/h2-8,10,17H,9H2,1H3,(H,14,18)/t10-/m1/s1. The zero-order valence-corrected chi connectivity index (χ0v) is 10.1. The zero-order valence-electron chi connectivity index (χ0n) is 10.1. The summed E-state index contributed by atoms with van der Waals surface area (Å²) in [7, 11) is 0. The molecule has 0 radical (unpaired) electrons. The van der Waals surface area contributed by atoms with Crippen molar-refractivity contribution < 1.29 is 9.90 Å². The molecule has 0 bridgehead atoms. The van der Waals surface area contributed by atoms with Gasteiger partial charge in [-0.3, -0.25) is 4.79 Å². The summed E-state index contributed by atoms with van der Waals surface area (Å²) in [5, 5.41) is 15.9. The summed E-state index contributed by atoms with van der Waals surface area (Å²) in [6, 6.07) is 11.2. The molecule has 5 nitrogen and oxygen atoms in total. The summed E-state index contributed by atoms with van der Waals surface area (Å²) < 4.78 is 1.64. The molecule has 2 rings (SSSR count). The summed E-state index contributed by atoms with van der Waals surface area (Å²) in [6.07, 6.45) is 1.16. The molecule has 0 unspecified atom stereocenters. The number of aromatic nitrogens is 2. The molecule has 0 aliphatic rings. The molecule has 1 heterocycles. The monoisotopic (exact) mass is 245 g/mol. The molecule has 2 N–H and O–H groups in total. The third-order valence-electron chi connectivity index (χ3n) is 2.40. The van der Waals surface area contributed by atoms with E-state index in [2.05, 4.69) is 10.4 Å². The van der Waals surface area contributed by atoms with Gasteiger partial charge in [-0.2, -0.15) is 5.10 Å². The second-order valence-corrected chi connectivity index (χ2v) is 4.04. The largest absolute Gasteiger partial charge is 0.392 e. The highest BCUT2D eigenvalue weighted by Gasteiger charge is 2.10. The van der Waals surface area contributed by atoms with E-state index in [-0.39, 0.29) is 12.5 Å². The first-order valence-corrected chi connectivity index (χ1v) is 5.74. The molecule has 0 saturated heterocycles. The van der Waals surface area contributed by atoms with Crippen molar-refractivity contribution in [3.8, 4) is 5.69 Å². The number of rotatable bonds is 4. The average molecular weight is 245 g/mol. The normalized spacial score (nSPS) is 12.1. The van der Waals surface area contributed by atoms with Crippen molar-refractivity contribution in [2.24, 2.45) is 0 Å². The Balaban J connectivity index is 2.09. The van der Waals surface area contributed by atoms with E-state index in [1.54, 1.807) is 23.9 Å². The van der Waals surface area contributed by atoms with Gasteiger partial charge in [-0.05, 0) is 25.1 Å². The van der Waals surface area contributed by atoms with E-state index in [1.807, 2.05) is 30.3 Å². The average Bonchev–Trinajstić information content (AvgIpc) is 2.86. The quantitative estimate of drug-likeness (QED) is 0.844. The summed E-state index contributed by atoms with van der Waals surface area (Å²) in [5.74, 6) is -0.286. The third kappa shape index (κ3) is 2.95. The SMILES string of the molecule is C[C@@H](O)CNC(=O)c1ccn(-c2ccccc2)n1. The second kappa shape index (κ2) is 5.46. The first kappa shape index (κ1) is 12.3. The van der Waals surface area contributed by atoms with Gasteiger partial charge in [0.2, 0.25) is 0 Å². The molecule has 0 spiro atoms. The maximum absolute atomic E-state index is 11.7. The van der Waals surface area contributed by atoms with Gasteiger partial charge >= 0.3 is 0 Å². The molecule has 94 valence electrons. The van der Waals surface area contributed by atoms with E-state index in [1.165, 1.54) is 0 Å². The highest BCUT2D eigenvalue weighted by Crippen LogP contribution is 2.06. The van der Waals surface area contributed by atoms with Gasteiger partial charge in [0.05, 0.1) is 11.8 Å². The lowest BCUT2D eigenvalue weighted by Gasteiger charge is -2.05. The Hall–Kier alpha value is -2.14. The highest BCUT2D eigenvalue weighted by atomic mass is 16.3. The van der Waals surface area contributed by atoms with Gasteiger partial charge in [0.15, 0.2) is 5.69 Å². The fourth-order valence-corrected chi connectivity index (χ4v) is 1.50.